The summed E-state index contributed by atoms with van der Waals surface area (Å²) >= 11 is 0. The van der Waals surface area contributed by atoms with Crippen LogP contribution in [0.4, 0.5) is 26.3 Å². The summed E-state index contributed by atoms with van der Waals surface area (Å²) in [6.45, 7) is 3.18. The summed E-state index contributed by atoms with van der Waals surface area (Å²) in [4.78, 5) is 20.7. The van der Waals surface area contributed by atoms with Gasteiger partial charge in [-0.25, -0.2) is 0 Å². The minimum absolute atomic E-state index is 0.134. The molecule has 232 valence electrons. The smallest absolute Gasteiger partial charge is 0.354 e. The van der Waals surface area contributed by atoms with E-state index in [1.165, 1.54) is 32.1 Å². The summed E-state index contributed by atoms with van der Waals surface area (Å²) in [6, 6.07) is 0.675. The zero-order chi connectivity index (χ0) is 29.1. The molecule has 3 unspecified atom stereocenters. The molecule has 0 spiro atoms. The monoisotopic (exact) mass is 582 g/mol. The van der Waals surface area contributed by atoms with Crippen molar-refractivity contribution in [2.75, 3.05) is 46.8 Å². The van der Waals surface area contributed by atoms with Crippen molar-refractivity contribution < 1.29 is 31.1 Å². The molecule has 3 saturated carbocycles. The largest absolute Gasteiger partial charge is 0.391 e. The number of halogens is 6. The third kappa shape index (κ3) is 8.27. The second-order valence-electron chi connectivity index (χ2n) is 13.1. The number of piperazine rings is 1. The molecule has 1 amide bonds. The van der Waals surface area contributed by atoms with Crippen molar-refractivity contribution in [3.63, 3.8) is 0 Å². The maximum Gasteiger partial charge on any atom is 0.391 e. The van der Waals surface area contributed by atoms with Crippen LogP contribution in [0, 0.1) is 23.7 Å². The Morgan fingerprint density at radius 1 is 0.800 bits per heavy atom. The molecule has 4 aliphatic rings. The zero-order valence-electron chi connectivity index (χ0n) is 24.1. The van der Waals surface area contributed by atoms with E-state index in [1.54, 1.807) is 0 Å². The second kappa shape index (κ2) is 13.5. The lowest BCUT2D eigenvalue weighted by Crippen LogP contribution is -2.59. The Bertz CT molecular complexity index is 777. The molecule has 1 aliphatic heterocycles. The van der Waals surface area contributed by atoms with E-state index in [2.05, 4.69) is 34.1 Å². The van der Waals surface area contributed by atoms with Crippen molar-refractivity contribution in [1.29, 1.82) is 0 Å². The lowest BCUT2D eigenvalue weighted by molar-refractivity contribution is -0.228. The molecule has 3 atom stereocenters. The first kappa shape index (κ1) is 31.9. The van der Waals surface area contributed by atoms with Crippen LogP contribution in [0.25, 0.3) is 0 Å². The molecular formula is C29H48F6N4O. The first-order valence-corrected chi connectivity index (χ1v) is 15.4. The van der Waals surface area contributed by atoms with Crippen LogP contribution in [0.2, 0.25) is 0 Å². The minimum Gasteiger partial charge on any atom is -0.354 e. The van der Waals surface area contributed by atoms with Gasteiger partial charge in [-0.2, -0.15) is 26.3 Å². The van der Waals surface area contributed by atoms with E-state index >= 15 is 0 Å². The molecule has 0 aromatic rings. The number of rotatable bonds is 7. The van der Waals surface area contributed by atoms with Gasteiger partial charge in [-0.1, -0.05) is 19.3 Å². The van der Waals surface area contributed by atoms with E-state index in [0.29, 0.717) is 12.1 Å². The highest BCUT2D eigenvalue weighted by Crippen LogP contribution is 2.47. The van der Waals surface area contributed by atoms with Crippen LogP contribution in [-0.4, -0.2) is 97.9 Å². The SMILES string of the molecule is CN(C)C1CCC(C(C(=O)NCC2CC(C(F)(F)F)CC(C(F)(F)F)C2)N2CCN(C3CCCCC3)CC2)CC1. The number of nitrogens with zero attached hydrogens (tertiary/aromatic N) is 3. The molecule has 1 N–H and O–H groups in total. The zero-order valence-corrected chi connectivity index (χ0v) is 24.1. The fraction of sp³-hybridized carbons (Fsp3) is 0.966. The van der Waals surface area contributed by atoms with Crippen LogP contribution < -0.4 is 5.32 Å². The first-order valence-electron chi connectivity index (χ1n) is 15.4. The van der Waals surface area contributed by atoms with Gasteiger partial charge in [0.05, 0.1) is 17.9 Å². The van der Waals surface area contributed by atoms with Crippen LogP contribution in [-0.2, 0) is 4.79 Å². The Kier molecular flexibility index (Phi) is 10.7. The van der Waals surface area contributed by atoms with Gasteiger partial charge in [0.15, 0.2) is 0 Å². The highest BCUT2D eigenvalue weighted by molar-refractivity contribution is 5.82. The van der Waals surface area contributed by atoms with E-state index < -0.39 is 42.6 Å². The molecular weight excluding hydrogens is 534 g/mol. The molecule has 0 aromatic heterocycles. The van der Waals surface area contributed by atoms with Crippen molar-refractivity contribution >= 4 is 5.91 Å². The summed E-state index contributed by atoms with van der Waals surface area (Å²) in [5, 5.41) is 2.86. The summed E-state index contributed by atoms with van der Waals surface area (Å²) in [6.07, 6.45) is -0.996. The molecule has 0 aromatic carbocycles. The summed E-state index contributed by atoms with van der Waals surface area (Å²) in [5.41, 5.74) is 0. The van der Waals surface area contributed by atoms with Crippen molar-refractivity contribution in [1.82, 2.24) is 20.0 Å². The number of alkyl halides is 6. The van der Waals surface area contributed by atoms with Gasteiger partial charge in [0.25, 0.3) is 0 Å². The molecule has 0 radical (unpaired) electrons. The van der Waals surface area contributed by atoms with Gasteiger partial charge in [-0.3, -0.25) is 14.6 Å². The molecule has 11 heteroatoms. The van der Waals surface area contributed by atoms with E-state index in [1.807, 2.05) is 0 Å². The third-order valence-corrected chi connectivity index (χ3v) is 10.3. The second-order valence-corrected chi connectivity index (χ2v) is 13.1. The topological polar surface area (TPSA) is 38.8 Å². The summed E-state index contributed by atoms with van der Waals surface area (Å²) < 4.78 is 80.8. The fourth-order valence-corrected chi connectivity index (χ4v) is 7.93. The van der Waals surface area contributed by atoms with Crippen molar-refractivity contribution in [2.24, 2.45) is 23.7 Å². The average molecular weight is 583 g/mol. The molecule has 4 rings (SSSR count). The fourth-order valence-electron chi connectivity index (χ4n) is 7.93. The summed E-state index contributed by atoms with van der Waals surface area (Å²) in [7, 11) is 4.12. The highest BCUT2D eigenvalue weighted by Gasteiger charge is 2.52. The van der Waals surface area contributed by atoms with Crippen molar-refractivity contribution in [3.05, 3.63) is 0 Å². The van der Waals surface area contributed by atoms with Crippen LogP contribution in [0.15, 0.2) is 0 Å². The molecule has 4 fully saturated rings. The number of carbonyl (C=O) groups is 1. The van der Waals surface area contributed by atoms with E-state index in [0.717, 1.165) is 51.9 Å². The van der Waals surface area contributed by atoms with E-state index in [4.69, 9.17) is 0 Å². The Morgan fingerprint density at radius 2 is 1.35 bits per heavy atom. The Morgan fingerprint density at radius 3 is 1.85 bits per heavy atom. The Hall–Kier alpha value is -1.07. The van der Waals surface area contributed by atoms with Crippen molar-refractivity contribution in [3.8, 4) is 0 Å². The van der Waals surface area contributed by atoms with E-state index in [9.17, 15) is 31.1 Å². The standard InChI is InChI=1S/C29H48F6N4O/c1-37(2)24-10-8-21(9-11-24)26(39-14-12-38(13-15-39)25-6-4-3-5-7-25)27(40)36-19-20-16-22(28(30,31)32)18-23(17-20)29(33,34)35/h20-26H,3-19H2,1-2H3,(H,36,40). The molecule has 40 heavy (non-hydrogen) atoms. The van der Waals surface area contributed by atoms with Crippen LogP contribution in [0.1, 0.15) is 77.0 Å². The first-order chi connectivity index (χ1) is 18.8. The van der Waals surface area contributed by atoms with Gasteiger partial charge in [-0.05, 0) is 83.7 Å². The average Bonchev–Trinajstić information content (AvgIpc) is 2.92. The Balaban J connectivity index is 1.41. The van der Waals surface area contributed by atoms with Crippen LogP contribution in [0.5, 0.6) is 0 Å². The van der Waals surface area contributed by atoms with Gasteiger partial charge < -0.3 is 10.2 Å². The molecule has 1 saturated heterocycles. The molecule has 1 heterocycles. The maximum atomic E-state index is 13.7. The Labute approximate surface area is 235 Å². The predicted octanol–water partition coefficient (Wildman–Crippen LogP) is 5.70. The molecule has 3 aliphatic carbocycles. The van der Waals surface area contributed by atoms with E-state index in [-0.39, 0.29) is 31.2 Å². The lowest BCUT2D eigenvalue weighted by atomic mass is 9.74. The number of hydrogen-bond donors (Lipinski definition) is 1. The normalized spacial score (nSPS) is 33.2. The van der Waals surface area contributed by atoms with Crippen LogP contribution >= 0.6 is 0 Å². The van der Waals surface area contributed by atoms with Crippen LogP contribution in [0.3, 0.4) is 0 Å². The van der Waals surface area contributed by atoms with Gasteiger partial charge in [0, 0.05) is 44.8 Å². The lowest BCUT2D eigenvalue weighted by Gasteiger charge is -2.46. The van der Waals surface area contributed by atoms with Gasteiger partial charge >= 0.3 is 12.4 Å². The minimum atomic E-state index is -4.67. The van der Waals surface area contributed by atoms with Gasteiger partial charge in [-0.15, -0.1) is 0 Å². The van der Waals surface area contributed by atoms with Gasteiger partial charge in [0.1, 0.15) is 0 Å². The molecule has 0 bridgehead atoms. The quantitative estimate of drug-likeness (QED) is 0.391. The summed E-state index contributed by atoms with van der Waals surface area (Å²) in [5.74, 6) is -4.91. The highest BCUT2D eigenvalue weighted by atomic mass is 19.4. The predicted molar refractivity (Wildman–Crippen MR) is 143 cm³/mol. The third-order valence-electron chi connectivity index (χ3n) is 10.3. The maximum absolute atomic E-state index is 13.7. The number of nitrogens with one attached hydrogen (secondary N) is 1. The number of carbonyl (C=O) groups excluding carboxylic acids is 1. The van der Waals surface area contributed by atoms with Gasteiger partial charge in [0.2, 0.25) is 5.91 Å². The molecule has 5 nitrogen and oxygen atoms in total. The van der Waals surface area contributed by atoms with Crippen molar-refractivity contribution in [2.45, 2.75) is 108 Å². The number of amides is 1. The number of hydrogen-bond acceptors (Lipinski definition) is 4.